The van der Waals surface area contributed by atoms with E-state index >= 15 is 0 Å². The molecule has 0 unspecified atom stereocenters. The van der Waals surface area contributed by atoms with Gasteiger partial charge in [-0.15, -0.1) is 0 Å². The minimum absolute atomic E-state index is 0.0716. The van der Waals surface area contributed by atoms with Crippen molar-refractivity contribution in [2.24, 2.45) is 0 Å². The van der Waals surface area contributed by atoms with Gasteiger partial charge in [-0.05, 0) is 24.3 Å². The van der Waals surface area contributed by atoms with Gasteiger partial charge >= 0.3 is 0 Å². The first-order valence-electron chi connectivity index (χ1n) is 5.85. The molecule has 2 rings (SSSR count). The summed E-state index contributed by atoms with van der Waals surface area (Å²) in [5.41, 5.74) is -0.143. The van der Waals surface area contributed by atoms with Crippen LogP contribution in [0.15, 0.2) is 35.4 Å². The fraction of sp³-hybridized carbons (Fsp3) is 0.154. The third-order valence-corrected chi connectivity index (χ3v) is 2.87. The third kappa shape index (κ3) is 3.57. The molecule has 0 aliphatic heterocycles. The lowest BCUT2D eigenvalue weighted by Crippen LogP contribution is -2.28. The largest absolute Gasteiger partial charge is 0.489 e. The Labute approximate surface area is 124 Å². The minimum Gasteiger partial charge on any atom is -0.489 e. The number of hydrogen-bond acceptors (Lipinski definition) is 4. The van der Waals surface area contributed by atoms with Gasteiger partial charge in [0.25, 0.3) is 5.56 Å². The lowest BCUT2D eigenvalue weighted by Gasteiger charge is -2.09. The van der Waals surface area contributed by atoms with E-state index in [4.69, 9.17) is 16.3 Å². The molecule has 110 valence electrons. The number of nitrogens with one attached hydrogen (secondary N) is 1. The average Bonchev–Trinajstić information content (AvgIpc) is 2.45. The molecular weight excluding hydrogens is 301 g/mol. The van der Waals surface area contributed by atoms with Gasteiger partial charge in [-0.3, -0.25) is 14.2 Å². The Bertz CT molecular complexity index is 716. The maximum atomic E-state index is 12.8. The molecule has 0 bridgehead atoms. The number of aromatic nitrogens is 2. The van der Waals surface area contributed by atoms with Crippen LogP contribution in [0.2, 0.25) is 5.15 Å². The van der Waals surface area contributed by atoms with Crippen LogP contribution in [0.25, 0.3) is 0 Å². The number of methoxy groups -OCH3 is 1. The predicted molar refractivity (Wildman–Crippen MR) is 75.1 cm³/mol. The second-order valence-corrected chi connectivity index (χ2v) is 4.41. The van der Waals surface area contributed by atoms with Crippen molar-refractivity contribution in [3.8, 4) is 5.75 Å². The van der Waals surface area contributed by atoms with Gasteiger partial charge in [0.2, 0.25) is 11.7 Å². The van der Waals surface area contributed by atoms with Crippen LogP contribution in [0.3, 0.4) is 0 Å². The van der Waals surface area contributed by atoms with Gasteiger partial charge in [0.15, 0.2) is 5.15 Å². The number of ether oxygens (including phenoxy) is 1. The first-order chi connectivity index (χ1) is 10.0. The molecular formula is C13H11ClFN3O3. The van der Waals surface area contributed by atoms with Crippen LogP contribution < -0.4 is 15.6 Å². The highest BCUT2D eigenvalue weighted by Crippen LogP contribution is 2.14. The Kier molecular flexibility index (Phi) is 4.54. The zero-order chi connectivity index (χ0) is 15.4. The second-order valence-electron chi connectivity index (χ2n) is 4.06. The molecule has 1 N–H and O–H groups in total. The topological polar surface area (TPSA) is 73.2 Å². The van der Waals surface area contributed by atoms with Gasteiger partial charge in [-0.25, -0.2) is 9.37 Å². The van der Waals surface area contributed by atoms with Crippen molar-refractivity contribution in [1.29, 1.82) is 0 Å². The Morgan fingerprint density at radius 2 is 2.10 bits per heavy atom. The summed E-state index contributed by atoms with van der Waals surface area (Å²) in [6, 6.07) is 5.26. The van der Waals surface area contributed by atoms with Gasteiger partial charge in [-0.1, -0.05) is 11.6 Å². The number of benzene rings is 1. The molecule has 21 heavy (non-hydrogen) atoms. The molecule has 0 saturated carbocycles. The summed E-state index contributed by atoms with van der Waals surface area (Å²) in [7, 11) is 1.28. The molecule has 0 aliphatic carbocycles. The monoisotopic (exact) mass is 311 g/mol. The van der Waals surface area contributed by atoms with Crippen LogP contribution in [-0.2, 0) is 11.3 Å². The van der Waals surface area contributed by atoms with E-state index in [0.717, 1.165) is 10.9 Å². The first kappa shape index (κ1) is 15.0. The van der Waals surface area contributed by atoms with Crippen molar-refractivity contribution in [2.75, 3.05) is 12.4 Å². The lowest BCUT2D eigenvalue weighted by atomic mass is 10.3. The normalized spacial score (nSPS) is 10.2. The van der Waals surface area contributed by atoms with Crippen LogP contribution in [0.1, 0.15) is 0 Å². The van der Waals surface area contributed by atoms with Gasteiger partial charge in [0.1, 0.15) is 12.4 Å². The van der Waals surface area contributed by atoms with E-state index in [1.54, 1.807) is 0 Å². The molecule has 2 aromatic rings. The smallest absolute Gasteiger partial charge is 0.297 e. The number of anilines is 1. The van der Waals surface area contributed by atoms with Gasteiger partial charge in [0.05, 0.1) is 13.4 Å². The molecule has 1 aromatic carbocycles. The molecule has 0 saturated heterocycles. The minimum atomic E-state index is -0.563. The SMILES string of the molecule is COc1c(Cl)ncn(CC(=O)Nc2ccc(F)cc2)c1=O. The molecule has 0 atom stereocenters. The Hall–Kier alpha value is -2.41. The van der Waals surface area contributed by atoms with E-state index in [9.17, 15) is 14.0 Å². The van der Waals surface area contributed by atoms with E-state index in [2.05, 4.69) is 10.3 Å². The molecule has 1 aromatic heterocycles. The molecule has 0 radical (unpaired) electrons. The number of halogens is 2. The molecule has 0 aliphatic rings. The third-order valence-electron chi connectivity index (χ3n) is 2.60. The lowest BCUT2D eigenvalue weighted by molar-refractivity contribution is -0.116. The number of carbonyl (C=O) groups excluding carboxylic acids is 1. The maximum Gasteiger partial charge on any atom is 0.297 e. The number of nitrogens with zero attached hydrogens (tertiary/aromatic N) is 2. The summed E-state index contributed by atoms with van der Waals surface area (Å²) in [6.45, 7) is -0.267. The summed E-state index contributed by atoms with van der Waals surface area (Å²) in [4.78, 5) is 27.5. The molecule has 1 heterocycles. The quantitative estimate of drug-likeness (QED) is 0.872. The van der Waals surface area contributed by atoms with Crippen LogP contribution in [0.5, 0.6) is 5.75 Å². The number of amides is 1. The van der Waals surface area contributed by atoms with Crippen LogP contribution >= 0.6 is 11.6 Å². The van der Waals surface area contributed by atoms with Crippen LogP contribution in [-0.4, -0.2) is 22.6 Å². The van der Waals surface area contributed by atoms with E-state index in [0.29, 0.717) is 5.69 Å². The fourth-order valence-corrected chi connectivity index (χ4v) is 1.82. The van der Waals surface area contributed by atoms with E-state index in [-0.39, 0.29) is 17.4 Å². The van der Waals surface area contributed by atoms with Crippen LogP contribution in [0.4, 0.5) is 10.1 Å². The fourth-order valence-electron chi connectivity index (χ4n) is 1.62. The summed E-state index contributed by atoms with van der Waals surface area (Å²) >= 11 is 5.70. The summed E-state index contributed by atoms with van der Waals surface area (Å²) < 4.78 is 18.6. The zero-order valence-corrected chi connectivity index (χ0v) is 11.7. The first-order valence-corrected chi connectivity index (χ1v) is 6.23. The van der Waals surface area contributed by atoms with Crippen molar-refractivity contribution in [3.63, 3.8) is 0 Å². The highest BCUT2D eigenvalue weighted by atomic mass is 35.5. The Morgan fingerprint density at radius 1 is 1.43 bits per heavy atom. The van der Waals surface area contributed by atoms with Crippen LogP contribution in [0, 0.1) is 5.82 Å². The number of hydrogen-bond donors (Lipinski definition) is 1. The standard InChI is InChI=1S/C13H11ClFN3O3/c1-21-11-12(14)16-7-18(13(11)20)6-10(19)17-9-4-2-8(15)3-5-9/h2-5,7H,6H2,1H3,(H,17,19). The van der Waals surface area contributed by atoms with E-state index in [1.165, 1.54) is 31.4 Å². The van der Waals surface area contributed by atoms with Crippen molar-refractivity contribution in [2.45, 2.75) is 6.54 Å². The van der Waals surface area contributed by atoms with Gasteiger partial charge < -0.3 is 10.1 Å². The van der Waals surface area contributed by atoms with Crippen molar-refractivity contribution in [3.05, 3.63) is 51.9 Å². The molecule has 0 fully saturated rings. The zero-order valence-electron chi connectivity index (χ0n) is 11.0. The molecule has 6 nitrogen and oxygen atoms in total. The molecule has 8 heteroatoms. The van der Waals surface area contributed by atoms with Crippen molar-refractivity contribution >= 4 is 23.2 Å². The van der Waals surface area contributed by atoms with Gasteiger partial charge in [-0.2, -0.15) is 0 Å². The highest BCUT2D eigenvalue weighted by Gasteiger charge is 2.12. The van der Waals surface area contributed by atoms with Gasteiger partial charge in [0, 0.05) is 5.69 Å². The molecule has 0 spiro atoms. The van der Waals surface area contributed by atoms with Crippen molar-refractivity contribution in [1.82, 2.24) is 9.55 Å². The summed E-state index contributed by atoms with van der Waals surface area (Å²) in [5.74, 6) is -1.00. The number of carbonyl (C=O) groups is 1. The average molecular weight is 312 g/mol. The predicted octanol–water partition coefficient (Wildman–Crippen LogP) is 1.68. The summed E-state index contributed by atoms with van der Waals surface area (Å²) in [6.07, 6.45) is 1.15. The molecule has 1 amide bonds. The Morgan fingerprint density at radius 3 is 2.71 bits per heavy atom. The highest BCUT2D eigenvalue weighted by molar-refractivity contribution is 6.30. The van der Waals surface area contributed by atoms with E-state index in [1.807, 2.05) is 0 Å². The van der Waals surface area contributed by atoms with E-state index < -0.39 is 17.3 Å². The maximum absolute atomic E-state index is 12.8. The Balaban J connectivity index is 2.13. The second kappa shape index (κ2) is 6.36. The summed E-state index contributed by atoms with van der Waals surface area (Å²) in [5, 5.41) is 2.46. The number of rotatable bonds is 4. The van der Waals surface area contributed by atoms with Crippen molar-refractivity contribution < 1.29 is 13.9 Å².